The first-order chi connectivity index (χ1) is 10.4. The van der Waals surface area contributed by atoms with Crippen molar-refractivity contribution < 1.29 is 22.0 Å². The molecule has 0 aliphatic carbocycles. The monoisotopic (exact) mass is 312 g/mol. The van der Waals surface area contributed by atoms with Crippen LogP contribution in [0.2, 0.25) is 0 Å². The molecule has 0 saturated carbocycles. The SMILES string of the molecule is Cn1c(-c2ccc[nH]2)ccc1-c1c(F)c(F)c(F)c(F)c1F. The molecule has 2 heterocycles. The van der Waals surface area contributed by atoms with Gasteiger partial charge in [-0.15, -0.1) is 0 Å². The number of halogens is 5. The number of benzene rings is 1. The molecule has 22 heavy (non-hydrogen) atoms. The van der Waals surface area contributed by atoms with E-state index in [1.807, 2.05) is 0 Å². The summed E-state index contributed by atoms with van der Waals surface area (Å²) in [5.41, 5.74) is 0.135. The Bertz CT molecular complexity index is 820. The number of hydrogen-bond donors (Lipinski definition) is 1. The minimum Gasteiger partial charge on any atom is -0.360 e. The van der Waals surface area contributed by atoms with E-state index in [0.717, 1.165) is 0 Å². The zero-order valence-corrected chi connectivity index (χ0v) is 11.2. The first-order valence-corrected chi connectivity index (χ1v) is 6.24. The largest absolute Gasteiger partial charge is 0.360 e. The molecule has 114 valence electrons. The van der Waals surface area contributed by atoms with Crippen LogP contribution in [0.25, 0.3) is 22.6 Å². The van der Waals surface area contributed by atoms with E-state index in [0.29, 0.717) is 11.4 Å². The summed E-state index contributed by atoms with van der Waals surface area (Å²) in [5, 5.41) is 0. The Balaban J connectivity index is 2.26. The van der Waals surface area contributed by atoms with Crippen molar-refractivity contribution in [3.8, 4) is 22.6 Å². The minimum atomic E-state index is -2.17. The zero-order chi connectivity index (χ0) is 16.0. The van der Waals surface area contributed by atoms with Crippen LogP contribution in [0.5, 0.6) is 0 Å². The molecule has 0 atom stereocenters. The molecule has 0 bridgehead atoms. The Labute approximate surface area is 121 Å². The van der Waals surface area contributed by atoms with Gasteiger partial charge in [0.2, 0.25) is 5.82 Å². The van der Waals surface area contributed by atoms with E-state index in [-0.39, 0.29) is 5.69 Å². The van der Waals surface area contributed by atoms with Gasteiger partial charge in [0.15, 0.2) is 23.3 Å². The molecule has 3 aromatic rings. The lowest BCUT2D eigenvalue weighted by atomic mass is 10.1. The molecule has 0 aliphatic heterocycles. The van der Waals surface area contributed by atoms with Gasteiger partial charge in [-0.2, -0.15) is 0 Å². The summed E-state index contributed by atoms with van der Waals surface area (Å²) < 4.78 is 68.9. The van der Waals surface area contributed by atoms with E-state index in [2.05, 4.69) is 4.98 Å². The normalized spacial score (nSPS) is 11.2. The lowest BCUT2D eigenvalue weighted by Crippen LogP contribution is -2.06. The second-order valence-electron chi connectivity index (χ2n) is 4.69. The van der Waals surface area contributed by atoms with Crippen LogP contribution in [-0.2, 0) is 7.05 Å². The van der Waals surface area contributed by atoms with Crippen LogP contribution in [0.3, 0.4) is 0 Å². The highest BCUT2D eigenvalue weighted by Crippen LogP contribution is 2.34. The number of hydrogen-bond acceptors (Lipinski definition) is 0. The van der Waals surface area contributed by atoms with Crippen molar-refractivity contribution >= 4 is 0 Å². The van der Waals surface area contributed by atoms with Gasteiger partial charge in [0, 0.05) is 13.2 Å². The van der Waals surface area contributed by atoms with E-state index in [4.69, 9.17) is 0 Å². The highest BCUT2D eigenvalue weighted by Gasteiger charge is 2.28. The predicted octanol–water partition coefficient (Wildman–Crippen LogP) is 4.38. The molecular formula is C15H9F5N2. The van der Waals surface area contributed by atoms with Crippen LogP contribution in [0.4, 0.5) is 22.0 Å². The van der Waals surface area contributed by atoms with Crippen LogP contribution in [0, 0.1) is 29.1 Å². The number of rotatable bonds is 2. The molecule has 2 nitrogen and oxygen atoms in total. The van der Waals surface area contributed by atoms with E-state index >= 15 is 0 Å². The van der Waals surface area contributed by atoms with Gasteiger partial charge in [-0.05, 0) is 24.3 Å². The summed E-state index contributed by atoms with van der Waals surface area (Å²) in [4.78, 5) is 2.90. The molecular weight excluding hydrogens is 303 g/mol. The molecule has 0 aliphatic rings. The first-order valence-electron chi connectivity index (χ1n) is 6.24. The van der Waals surface area contributed by atoms with Crippen molar-refractivity contribution in [2.45, 2.75) is 0 Å². The van der Waals surface area contributed by atoms with Crippen molar-refractivity contribution in [3.05, 3.63) is 59.5 Å². The summed E-state index contributed by atoms with van der Waals surface area (Å²) in [6.45, 7) is 0. The maximum Gasteiger partial charge on any atom is 0.200 e. The Morgan fingerprint density at radius 1 is 0.773 bits per heavy atom. The van der Waals surface area contributed by atoms with Gasteiger partial charge in [0.25, 0.3) is 0 Å². The average molecular weight is 312 g/mol. The van der Waals surface area contributed by atoms with Gasteiger partial charge in [0.1, 0.15) is 0 Å². The molecule has 1 N–H and O–H groups in total. The summed E-state index contributed by atoms with van der Waals surface area (Å²) >= 11 is 0. The standard InChI is InChI=1S/C15H9F5N2/c1-22-8(7-3-2-6-21-7)4-5-9(22)10-11(16)13(18)15(20)14(19)12(10)17/h2-6,21H,1H3. The lowest BCUT2D eigenvalue weighted by molar-refractivity contribution is 0.381. The van der Waals surface area contributed by atoms with E-state index in [1.165, 1.54) is 23.7 Å². The van der Waals surface area contributed by atoms with Gasteiger partial charge in [-0.3, -0.25) is 0 Å². The van der Waals surface area contributed by atoms with E-state index < -0.39 is 34.6 Å². The van der Waals surface area contributed by atoms with E-state index in [1.54, 1.807) is 18.3 Å². The van der Waals surface area contributed by atoms with Gasteiger partial charge in [-0.25, -0.2) is 22.0 Å². The van der Waals surface area contributed by atoms with Crippen LogP contribution in [0.1, 0.15) is 0 Å². The molecule has 0 amide bonds. The minimum absolute atomic E-state index is 0.114. The maximum atomic E-state index is 13.9. The maximum absolute atomic E-state index is 13.9. The van der Waals surface area contributed by atoms with Crippen LogP contribution >= 0.6 is 0 Å². The molecule has 0 saturated heterocycles. The third-order valence-corrected chi connectivity index (χ3v) is 3.46. The van der Waals surface area contributed by atoms with Gasteiger partial charge in [-0.1, -0.05) is 0 Å². The number of nitrogens with one attached hydrogen (secondary N) is 1. The molecule has 3 rings (SSSR count). The fourth-order valence-corrected chi connectivity index (χ4v) is 2.35. The van der Waals surface area contributed by atoms with Crippen LogP contribution in [0.15, 0.2) is 30.5 Å². The third kappa shape index (κ3) is 1.93. The van der Waals surface area contributed by atoms with Crippen LogP contribution in [-0.4, -0.2) is 9.55 Å². The topological polar surface area (TPSA) is 20.7 Å². The Kier molecular flexibility index (Phi) is 3.27. The summed E-state index contributed by atoms with van der Waals surface area (Å²) in [6.07, 6.45) is 1.65. The van der Waals surface area contributed by atoms with Gasteiger partial charge >= 0.3 is 0 Å². The summed E-state index contributed by atoms with van der Waals surface area (Å²) in [5.74, 6) is -9.79. The lowest BCUT2D eigenvalue weighted by Gasteiger charge is -2.11. The molecule has 2 aromatic heterocycles. The van der Waals surface area contributed by atoms with Gasteiger partial charge < -0.3 is 9.55 Å². The highest BCUT2D eigenvalue weighted by molar-refractivity contribution is 5.69. The van der Waals surface area contributed by atoms with Crippen molar-refractivity contribution in [3.63, 3.8) is 0 Å². The number of nitrogens with zero attached hydrogens (tertiary/aromatic N) is 1. The number of H-pyrrole nitrogens is 1. The highest BCUT2D eigenvalue weighted by atomic mass is 19.2. The molecule has 0 spiro atoms. The average Bonchev–Trinajstić information content (AvgIpc) is 3.14. The number of aromatic amines is 1. The molecule has 0 fully saturated rings. The van der Waals surface area contributed by atoms with Crippen molar-refractivity contribution in [2.75, 3.05) is 0 Å². The Morgan fingerprint density at radius 3 is 1.86 bits per heavy atom. The molecule has 7 heteroatoms. The summed E-state index contributed by atoms with van der Waals surface area (Å²) in [7, 11) is 1.48. The number of aromatic nitrogens is 2. The van der Waals surface area contributed by atoms with Crippen LogP contribution < -0.4 is 0 Å². The molecule has 0 unspecified atom stereocenters. The third-order valence-electron chi connectivity index (χ3n) is 3.46. The van der Waals surface area contributed by atoms with E-state index in [9.17, 15) is 22.0 Å². The van der Waals surface area contributed by atoms with Crippen molar-refractivity contribution in [1.29, 1.82) is 0 Å². The second-order valence-corrected chi connectivity index (χ2v) is 4.69. The van der Waals surface area contributed by atoms with Crippen molar-refractivity contribution in [2.24, 2.45) is 7.05 Å². The smallest absolute Gasteiger partial charge is 0.200 e. The zero-order valence-electron chi connectivity index (χ0n) is 11.2. The predicted molar refractivity (Wildman–Crippen MR) is 70.4 cm³/mol. The summed E-state index contributed by atoms with van der Waals surface area (Å²) in [6, 6.07) is 6.27. The first kappa shape index (κ1) is 14.4. The Hall–Kier alpha value is -2.57. The second kappa shape index (κ2) is 5.01. The van der Waals surface area contributed by atoms with Crippen molar-refractivity contribution in [1.82, 2.24) is 9.55 Å². The fraction of sp³-hybridized carbons (Fsp3) is 0.0667. The Morgan fingerprint density at radius 2 is 1.32 bits per heavy atom. The van der Waals surface area contributed by atoms with Gasteiger partial charge in [0.05, 0.1) is 22.6 Å². The fourth-order valence-electron chi connectivity index (χ4n) is 2.35. The molecule has 1 aromatic carbocycles. The quantitative estimate of drug-likeness (QED) is 0.412. The molecule has 0 radical (unpaired) electrons.